The van der Waals surface area contributed by atoms with Crippen molar-refractivity contribution in [3.8, 4) is 11.5 Å². The molecule has 0 saturated heterocycles. The molecule has 8 heteroatoms. The predicted molar refractivity (Wildman–Crippen MR) is 147 cm³/mol. The number of nitrogens with one attached hydrogen (secondary N) is 1. The first kappa shape index (κ1) is 26.3. The molecule has 0 fully saturated rings. The van der Waals surface area contributed by atoms with Crippen LogP contribution in [0.3, 0.4) is 0 Å². The van der Waals surface area contributed by atoms with Gasteiger partial charge in [0.05, 0.1) is 33.5 Å². The van der Waals surface area contributed by atoms with E-state index < -0.39 is 0 Å². The first-order chi connectivity index (χ1) is 17.6. The Balaban J connectivity index is 0.00000176. The number of hydrogen-bond acceptors (Lipinski definition) is 6. The van der Waals surface area contributed by atoms with E-state index in [0.717, 1.165) is 51.8 Å². The molecule has 1 aromatic carbocycles. The zero-order valence-corrected chi connectivity index (χ0v) is 21.4. The Morgan fingerprint density at radius 2 is 1.94 bits per heavy atom. The Bertz CT molecular complexity index is 1230. The van der Waals surface area contributed by atoms with Crippen LogP contribution in [0.15, 0.2) is 90.6 Å². The molecule has 1 N–H and O–H groups in total. The Kier molecular flexibility index (Phi) is 9.45. The van der Waals surface area contributed by atoms with Crippen molar-refractivity contribution in [2.75, 3.05) is 25.7 Å². The molecule has 188 valence electrons. The summed E-state index contributed by atoms with van der Waals surface area (Å²) in [7, 11) is 5.23. The number of imidazole rings is 1. The zero-order chi connectivity index (χ0) is 25.9. The average Bonchev–Trinajstić information content (AvgIpc) is 3.60. The van der Waals surface area contributed by atoms with Gasteiger partial charge in [-0.3, -0.25) is 9.67 Å². The SMILES string of the molecule is C=C.CC/C=C(\C=C1\C=C(c2cnn(C)c2)C=NC1)N(Cc1ncc[nH]1)c1cc(OC)cc(OC)c1. The van der Waals surface area contributed by atoms with Crippen LogP contribution < -0.4 is 14.4 Å². The molecular formula is C28H34N6O2. The summed E-state index contributed by atoms with van der Waals surface area (Å²) in [6, 6.07) is 5.88. The third-order valence-electron chi connectivity index (χ3n) is 5.45. The molecule has 0 unspecified atom stereocenters. The summed E-state index contributed by atoms with van der Waals surface area (Å²) in [4.78, 5) is 14.5. The van der Waals surface area contributed by atoms with E-state index in [1.54, 1.807) is 25.1 Å². The molecule has 1 aliphatic rings. The molecule has 0 spiro atoms. The van der Waals surface area contributed by atoms with Gasteiger partial charge in [-0.2, -0.15) is 5.10 Å². The lowest BCUT2D eigenvalue weighted by Crippen LogP contribution is -2.22. The minimum absolute atomic E-state index is 0.557. The van der Waals surface area contributed by atoms with E-state index in [0.29, 0.717) is 13.1 Å². The largest absolute Gasteiger partial charge is 0.497 e. The highest BCUT2D eigenvalue weighted by atomic mass is 16.5. The van der Waals surface area contributed by atoms with E-state index in [1.807, 2.05) is 50.1 Å². The van der Waals surface area contributed by atoms with E-state index in [1.165, 1.54) is 0 Å². The number of anilines is 1. The van der Waals surface area contributed by atoms with E-state index in [-0.39, 0.29) is 0 Å². The molecule has 0 radical (unpaired) electrons. The number of benzene rings is 1. The van der Waals surface area contributed by atoms with Crippen LogP contribution in [-0.2, 0) is 13.6 Å². The van der Waals surface area contributed by atoms with Gasteiger partial charge in [0, 0.05) is 72.6 Å². The lowest BCUT2D eigenvalue weighted by atomic mass is 10.0. The number of ether oxygens (including phenoxy) is 2. The molecule has 8 nitrogen and oxygen atoms in total. The van der Waals surface area contributed by atoms with E-state index in [4.69, 9.17) is 9.47 Å². The third-order valence-corrected chi connectivity index (χ3v) is 5.45. The van der Waals surface area contributed by atoms with Gasteiger partial charge in [0.15, 0.2) is 0 Å². The summed E-state index contributed by atoms with van der Waals surface area (Å²) >= 11 is 0. The normalized spacial score (nSPS) is 14.2. The second-order valence-corrected chi connectivity index (χ2v) is 7.92. The van der Waals surface area contributed by atoms with Crippen molar-refractivity contribution in [1.82, 2.24) is 19.7 Å². The molecule has 0 atom stereocenters. The quantitative estimate of drug-likeness (QED) is 0.412. The van der Waals surface area contributed by atoms with Gasteiger partial charge in [-0.25, -0.2) is 4.98 Å². The van der Waals surface area contributed by atoms with Crippen molar-refractivity contribution in [2.24, 2.45) is 12.0 Å². The third kappa shape index (κ3) is 6.63. The van der Waals surface area contributed by atoms with Crippen LogP contribution in [0.2, 0.25) is 0 Å². The second kappa shape index (κ2) is 12.9. The maximum atomic E-state index is 5.54. The number of aryl methyl sites for hydroxylation is 1. The molecule has 1 aliphatic heterocycles. The number of aromatic amines is 1. The number of nitrogens with zero attached hydrogens (tertiary/aromatic N) is 5. The highest BCUT2D eigenvalue weighted by Gasteiger charge is 2.17. The minimum Gasteiger partial charge on any atom is -0.497 e. The number of allylic oxidation sites excluding steroid dienone is 3. The summed E-state index contributed by atoms with van der Waals surface area (Å²) in [6.07, 6.45) is 16.8. The minimum atomic E-state index is 0.557. The smallest absolute Gasteiger partial charge is 0.126 e. The second-order valence-electron chi connectivity index (χ2n) is 7.92. The van der Waals surface area contributed by atoms with E-state index >= 15 is 0 Å². The molecule has 0 amide bonds. The number of aliphatic imine (C=N–C) groups is 1. The Morgan fingerprint density at radius 3 is 2.53 bits per heavy atom. The fraction of sp³-hybridized carbons (Fsp3) is 0.250. The van der Waals surface area contributed by atoms with Gasteiger partial charge < -0.3 is 19.4 Å². The van der Waals surface area contributed by atoms with Gasteiger partial charge in [-0.1, -0.05) is 13.0 Å². The van der Waals surface area contributed by atoms with Gasteiger partial charge in [0.2, 0.25) is 0 Å². The molecule has 0 saturated carbocycles. The monoisotopic (exact) mass is 486 g/mol. The topological polar surface area (TPSA) is 80.6 Å². The van der Waals surface area contributed by atoms with Gasteiger partial charge in [-0.15, -0.1) is 13.2 Å². The molecule has 3 aromatic rings. The number of aromatic nitrogens is 4. The maximum Gasteiger partial charge on any atom is 0.126 e. The molecular weight excluding hydrogens is 452 g/mol. The van der Waals surface area contributed by atoms with Crippen molar-refractivity contribution >= 4 is 17.5 Å². The number of H-pyrrole nitrogens is 1. The van der Waals surface area contributed by atoms with Crippen molar-refractivity contribution in [1.29, 1.82) is 0 Å². The number of methoxy groups -OCH3 is 2. The van der Waals surface area contributed by atoms with Crippen LogP contribution in [0.5, 0.6) is 11.5 Å². The maximum absolute atomic E-state index is 5.54. The fourth-order valence-corrected chi connectivity index (χ4v) is 3.81. The summed E-state index contributed by atoms with van der Waals surface area (Å²) in [5, 5.41) is 4.29. The number of rotatable bonds is 9. The van der Waals surface area contributed by atoms with Crippen molar-refractivity contribution in [3.63, 3.8) is 0 Å². The standard InChI is InChI=1S/C26H30N6O2.C2H4/c1-5-6-22(10-19-9-20(15-27-14-19)21-16-30-31(2)17-21)32(18-26-28-7-8-29-26)23-11-24(33-3)13-25(12-23)34-4;1-2/h6-13,15-17H,5,14,18H2,1-4H3,(H,28,29);1-2H2/b19-10-,22-6+;. The molecule has 3 heterocycles. The van der Waals surface area contributed by atoms with Crippen molar-refractivity contribution in [2.45, 2.75) is 19.9 Å². The lowest BCUT2D eigenvalue weighted by molar-refractivity contribution is 0.394. The first-order valence-electron chi connectivity index (χ1n) is 11.7. The van der Waals surface area contributed by atoms with Crippen LogP contribution in [-0.4, -0.2) is 46.7 Å². The van der Waals surface area contributed by atoms with Gasteiger partial charge in [0.25, 0.3) is 0 Å². The van der Waals surface area contributed by atoms with Crippen molar-refractivity contribution < 1.29 is 9.47 Å². The van der Waals surface area contributed by atoms with Gasteiger partial charge in [0.1, 0.15) is 17.3 Å². The van der Waals surface area contributed by atoms with Crippen molar-refractivity contribution in [3.05, 3.63) is 97.0 Å². The zero-order valence-electron chi connectivity index (χ0n) is 21.4. The molecule has 2 aromatic heterocycles. The average molecular weight is 487 g/mol. The Morgan fingerprint density at radius 1 is 1.19 bits per heavy atom. The molecule has 4 rings (SSSR count). The van der Waals surface area contributed by atoms with Gasteiger partial charge in [-0.05, 0) is 24.1 Å². The molecule has 0 aliphatic carbocycles. The van der Waals surface area contributed by atoms with Crippen LogP contribution in [0, 0.1) is 0 Å². The molecule has 0 bridgehead atoms. The van der Waals surface area contributed by atoms with Crippen LogP contribution >= 0.6 is 0 Å². The summed E-state index contributed by atoms with van der Waals surface area (Å²) < 4.78 is 12.9. The summed E-state index contributed by atoms with van der Waals surface area (Å²) in [5.74, 6) is 2.31. The molecule has 36 heavy (non-hydrogen) atoms. The Labute approximate surface area is 213 Å². The van der Waals surface area contributed by atoms with Gasteiger partial charge >= 0.3 is 0 Å². The highest BCUT2D eigenvalue weighted by molar-refractivity contribution is 6.11. The van der Waals surface area contributed by atoms with E-state index in [9.17, 15) is 0 Å². The van der Waals surface area contributed by atoms with Crippen LogP contribution in [0.25, 0.3) is 5.57 Å². The van der Waals surface area contributed by atoms with Crippen LogP contribution in [0.4, 0.5) is 5.69 Å². The number of dihydropyridines is 1. The first-order valence-corrected chi connectivity index (χ1v) is 11.7. The summed E-state index contributed by atoms with van der Waals surface area (Å²) in [6.45, 7) is 9.30. The summed E-state index contributed by atoms with van der Waals surface area (Å²) in [5.41, 5.74) is 5.19. The number of hydrogen-bond donors (Lipinski definition) is 1. The van der Waals surface area contributed by atoms with E-state index in [2.05, 4.69) is 63.3 Å². The fourth-order valence-electron chi connectivity index (χ4n) is 3.81. The van der Waals surface area contributed by atoms with Crippen LogP contribution in [0.1, 0.15) is 24.7 Å². The Hall–Kier alpha value is -4.33. The highest BCUT2D eigenvalue weighted by Crippen LogP contribution is 2.32. The predicted octanol–water partition coefficient (Wildman–Crippen LogP) is 5.36. The lowest BCUT2D eigenvalue weighted by Gasteiger charge is -2.27.